The average Bonchev–Trinajstić information content (AvgIpc) is 2.46. The second-order valence-corrected chi connectivity index (χ2v) is 7.08. The number of methoxy groups -OCH3 is 1. The van der Waals surface area contributed by atoms with Gasteiger partial charge in [0.05, 0.1) is 7.11 Å². The van der Waals surface area contributed by atoms with Crippen LogP contribution >= 0.6 is 0 Å². The third kappa shape index (κ3) is 8.06. The number of ether oxygens (including phenoxy) is 2. The van der Waals surface area contributed by atoms with E-state index < -0.39 is 6.16 Å². The van der Waals surface area contributed by atoms with Gasteiger partial charge in [0, 0.05) is 6.42 Å². The largest absolute Gasteiger partial charge is 0.513 e. The molecule has 0 saturated carbocycles. The van der Waals surface area contributed by atoms with Crippen molar-refractivity contribution in [3.63, 3.8) is 0 Å². The zero-order valence-corrected chi connectivity index (χ0v) is 15.4. The Labute approximate surface area is 141 Å². The predicted molar refractivity (Wildman–Crippen MR) is 95.2 cm³/mol. The van der Waals surface area contributed by atoms with E-state index in [0.29, 0.717) is 0 Å². The second kappa shape index (κ2) is 9.59. The molecule has 3 heteroatoms. The van der Waals surface area contributed by atoms with E-state index >= 15 is 0 Å². The van der Waals surface area contributed by atoms with Crippen LogP contribution in [0.5, 0.6) is 0 Å². The topological polar surface area (TPSA) is 35.5 Å². The molecule has 0 aliphatic heterocycles. The third-order valence-electron chi connectivity index (χ3n) is 4.36. The molecule has 1 atom stereocenters. The molecule has 0 fully saturated rings. The summed E-state index contributed by atoms with van der Waals surface area (Å²) in [4.78, 5) is 11.2. The maximum atomic E-state index is 11.2. The fourth-order valence-electron chi connectivity index (χ4n) is 2.96. The van der Waals surface area contributed by atoms with Crippen LogP contribution in [-0.4, -0.2) is 13.3 Å². The Morgan fingerprint density at radius 3 is 2.65 bits per heavy atom. The van der Waals surface area contributed by atoms with Crippen molar-refractivity contribution in [2.24, 2.45) is 5.41 Å². The maximum Gasteiger partial charge on any atom is 0.513 e. The number of carbonyl (C=O) groups excluding carboxylic acids is 1. The number of rotatable bonds is 7. The molecule has 23 heavy (non-hydrogen) atoms. The molecule has 0 saturated heterocycles. The zero-order chi connectivity index (χ0) is 17.3. The highest BCUT2D eigenvalue weighted by Gasteiger charge is 2.26. The van der Waals surface area contributed by atoms with E-state index in [0.717, 1.165) is 50.7 Å². The monoisotopic (exact) mass is 320 g/mol. The van der Waals surface area contributed by atoms with E-state index in [1.54, 1.807) is 0 Å². The maximum absolute atomic E-state index is 11.2. The van der Waals surface area contributed by atoms with Crippen molar-refractivity contribution in [3.05, 3.63) is 35.1 Å². The molecule has 0 aromatic heterocycles. The first-order chi connectivity index (χ1) is 10.8. The lowest BCUT2D eigenvalue weighted by Crippen LogP contribution is -2.19. The summed E-state index contributed by atoms with van der Waals surface area (Å²) in [6, 6.07) is 0. The van der Waals surface area contributed by atoms with Crippen molar-refractivity contribution in [3.8, 4) is 0 Å². The Hall–Kier alpha value is -1.51. The summed E-state index contributed by atoms with van der Waals surface area (Å²) >= 11 is 0. The molecule has 0 spiro atoms. The lowest BCUT2D eigenvalue weighted by atomic mass is 9.76. The zero-order valence-electron chi connectivity index (χ0n) is 15.4. The van der Waals surface area contributed by atoms with Gasteiger partial charge in [0.15, 0.2) is 0 Å². The van der Waals surface area contributed by atoms with Gasteiger partial charge >= 0.3 is 6.16 Å². The van der Waals surface area contributed by atoms with Crippen LogP contribution in [0.25, 0.3) is 0 Å². The molecule has 0 bridgehead atoms. The van der Waals surface area contributed by atoms with Gasteiger partial charge in [-0.15, -0.1) is 0 Å². The minimum atomic E-state index is -0.615. The van der Waals surface area contributed by atoms with Crippen LogP contribution in [0.3, 0.4) is 0 Å². The predicted octanol–water partition coefficient (Wildman–Crippen LogP) is 6.32. The van der Waals surface area contributed by atoms with E-state index in [4.69, 9.17) is 4.74 Å². The number of allylic oxidation sites excluding steroid dienone is 6. The fraction of sp³-hybridized carbons (Fsp3) is 0.650. The minimum absolute atomic E-state index is 0.109. The van der Waals surface area contributed by atoms with Gasteiger partial charge < -0.3 is 9.47 Å². The summed E-state index contributed by atoms with van der Waals surface area (Å²) in [6.45, 7) is 8.75. The lowest BCUT2D eigenvalue weighted by molar-refractivity contribution is 0.0905. The van der Waals surface area contributed by atoms with Gasteiger partial charge in [0.25, 0.3) is 0 Å². The van der Waals surface area contributed by atoms with Gasteiger partial charge in [-0.3, -0.25) is 0 Å². The third-order valence-corrected chi connectivity index (χ3v) is 4.36. The highest BCUT2D eigenvalue weighted by atomic mass is 16.7. The molecular formula is C20H32O3. The highest BCUT2D eigenvalue weighted by molar-refractivity contribution is 5.61. The number of hydrogen-bond donors (Lipinski definition) is 0. The normalized spacial score (nSPS) is 21.4. The van der Waals surface area contributed by atoms with Crippen LogP contribution in [-0.2, 0) is 9.47 Å². The summed E-state index contributed by atoms with van der Waals surface area (Å²) in [5, 5.41) is 0. The minimum Gasteiger partial charge on any atom is -0.437 e. The molecule has 0 radical (unpaired) electrons. The highest BCUT2D eigenvalue weighted by Crippen LogP contribution is 2.38. The first-order valence-corrected chi connectivity index (χ1v) is 8.61. The Kier molecular flexibility index (Phi) is 8.15. The Bertz CT molecular complexity index is 481. The van der Waals surface area contributed by atoms with Crippen molar-refractivity contribution >= 4 is 6.16 Å². The molecule has 0 aromatic rings. The lowest BCUT2D eigenvalue weighted by Gasteiger charge is -2.30. The molecule has 1 unspecified atom stereocenters. The molecule has 1 rings (SSSR count). The average molecular weight is 320 g/mol. The van der Waals surface area contributed by atoms with Gasteiger partial charge in [-0.25, -0.2) is 4.79 Å². The summed E-state index contributed by atoms with van der Waals surface area (Å²) in [5.74, 6) is 0.759. The van der Waals surface area contributed by atoms with Crippen LogP contribution in [0.15, 0.2) is 35.1 Å². The standard InChI is InChI=1S/C20H32O3/c1-16(2)9-6-10-17(3)11-7-13-20(4)14-8-12-18(15-20)23-19(21)22-5/h9,11,15H,6-8,10,12-14H2,1-5H3/b17-11-. The van der Waals surface area contributed by atoms with Crippen LogP contribution in [0.4, 0.5) is 4.79 Å². The first-order valence-electron chi connectivity index (χ1n) is 8.61. The molecule has 0 N–H and O–H groups in total. The van der Waals surface area contributed by atoms with E-state index in [2.05, 4.69) is 50.7 Å². The van der Waals surface area contributed by atoms with Crippen molar-refractivity contribution in [2.75, 3.05) is 7.11 Å². The smallest absolute Gasteiger partial charge is 0.437 e. The molecule has 0 aromatic carbocycles. The van der Waals surface area contributed by atoms with Crippen molar-refractivity contribution in [2.45, 2.75) is 72.6 Å². The number of hydrogen-bond acceptors (Lipinski definition) is 3. The molecule has 0 amide bonds. The number of carbonyl (C=O) groups is 1. The van der Waals surface area contributed by atoms with Crippen LogP contribution < -0.4 is 0 Å². The van der Waals surface area contributed by atoms with Gasteiger partial charge in [-0.2, -0.15) is 0 Å². The van der Waals surface area contributed by atoms with Gasteiger partial charge in [-0.1, -0.05) is 30.2 Å². The van der Waals surface area contributed by atoms with E-state index in [1.165, 1.54) is 18.3 Å². The molecule has 3 nitrogen and oxygen atoms in total. The molecular weight excluding hydrogens is 288 g/mol. The first kappa shape index (κ1) is 19.5. The van der Waals surface area contributed by atoms with Gasteiger partial charge in [0.2, 0.25) is 0 Å². The van der Waals surface area contributed by atoms with Gasteiger partial charge in [0.1, 0.15) is 5.76 Å². The van der Waals surface area contributed by atoms with E-state index in [9.17, 15) is 4.79 Å². The van der Waals surface area contributed by atoms with Crippen molar-refractivity contribution in [1.29, 1.82) is 0 Å². The van der Waals surface area contributed by atoms with E-state index in [1.807, 2.05) is 0 Å². The van der Waals surface area contributed by atoms with Crippen LogP contribution in [0.1, 0.15) is 72.6 Å². The molecule has 0 heterocycles. The SMILES string of the molecule is COC(=O)OC1=CC(C)(CC/C=C(/C)CCC=C(C)C)CCC1. The van der Waals surface area contributed by atoms with Crippen LogP contribution in [0.2, 0.25) is 0 Å². The summed E-state index contributed by atoms with van der Waals surface area (Å²) in [7, 11) is 1.34. The van der Waals surface area contributed by atoms with Gasteiger partial charge in [-0.05, 0) is 70.8 Å². The molecule has 1 aliphatic carbocycles. The van der Waals surface area contributed by atoms with Crippen LogP contribution in [0, 0.1) is 5.41 Å². The summed E-state index contributed by atoms with van der Waals surface area (Å²) < 4.78 is 9.79. The van der Waals surface area contributed by atoms with Crippen molar-refractivity contribution < 1.29 is 14.3 Å². The fourth-order valence-corrected chi connectivity index (χ4v) is 2.96. The summed E-state index contributed by atoms with van der Waals surface area (Å²) in [6.07, 6.45) is 13.6. The Morgan fingerprint density at radius 2 is 2.00 bits per heavy atom. The second-order valence-electron chi connectivity index (χ2n) is 7.08. The quantitative estimate of drug-likeness (QED) is 0.407. The molecule has 1 aliphatic rings. The van der Waals surface area contributed by atoms with Crippen molar-refractivity contribution in [1.82, 2.24) is 0 Å². The van der Waals surface area contributed by atoms with E-state index in [-0.39, 0.29) is 5.41 Å². The molecule has 130 valence electrons. The summed E-state index contributed by atoms with van der Waals surface area (Å²) in [5.41, 5.74) is 2.95. The Morgan fingerprint density at radius 1 is 1.26 bits per heavy atom. The Balaban J connectivity index is 2.49.